The van der Waals surface area contributed by atoms with Crippen LogP contribution in [0.2, 0.25) is 15.1 Å². The van der Waals surface area contributed by atoms with Gasteiger partial charge in [-0.2, -0.15) is 0 Å². The van der Waals surface area contributed by atoms with Crippen molar-refractivity contribution in [3.8, 4) is 0 Å². The standard InChI is InChI=1S/C10H9Cl3N2O5S/c11-5-1-6(12)10(7(13)2-5)21(19,20)15-3-8(16)14-4-9(17)18/h1-2,15H,3-4H2,(H,14,16)(H,17,18). The van der Waals surface area contributed by atoms with Crippen molar-refractivity contribution >= 4 is 56.7 Å². The normalized spacial score (nSPS) is 11.2. The average Bonchev–Trinajstić information content (AvgIpc) is 2.32. The number of carboxylic acid groups (broad SMARTS) is 1. The monoisotopic (exact) mass is 374 g/mol. The Kier molecular flexibility index (Phi) is 6.24. The fourth-order valence-corrected chi connectivity index (χ4v) is 3.78. The van der Waals surface area contributed by atoms with E-state index in [0.29, 0.717) is 0 Å². The molecule has 0 radical (unpaired) electrons. The summed E-state index contributed by atoms with van der Waals surface area (Å²) < 4.78 is 26.0. The van der Waals surface area contributed by atoms with Gasteiger partial charge in [0, 0.05) is 5.02 Å². The summed E-state index contributed by atoms with van der Waals surface area (Å²) in [5.41, 5.74) is 0. The number of carbonyl (C=O) groups excluding carboxylic acids is 1. The first kappa shape index (κ1) is 18.0. The highest BCUT2D eigenvalue weighted by atomic mass is 35.5. The van der Waals surface area contributed by atoms with Gasteiger partial charge in [-0.1, -0.05) is 34.8 Å². The number of rotatable bonds is 6. The van der Waals surface area contributed by atoms with E-state index in [4.69, 9.17) is 39.9 Å². The average molecular weight is 376 g/mol. The molecule has 1 amide bonds. The topological polar surface area (TPSA) is 113 Å². The SMILES string of the molecule is O=C(O)CNC(=O)CNS(=O)(=O)c1c(Cl)cc(Cl)cc1Cl. The number of carboxylic acids is 1. The lowest BCUT2D eigenvalue weighted by Gasteiger charge is -2.10. The summed E-state index contributed by atoms with van der Waals surface area (Å²) in [7, 11) is -4.15. The Hall–Kier alpha value is -1.06. The predicted octanol–water partition coefficient (Wildman–Crippen LogP) is 1.13. The fourth-order valence-electron chi connectivity index (χ4n) is 1.26. The van der Waals surface area contributed by atoms with Crippen LogP contribution in [0.1, 0.15) is 0 Å². The van der Waals surface area contributed by atoms with Gasteiger partial charge < -0.3 is 10.4 Å². The van der Waals surface area contributed by atoms with Crippen LogP contribution >= 0.6 is 34.8 Å². The minimum atomic E-state index is -4.15. The van der Waals surface area contributed by atoms with Crippen molar-refractivity contribution in [2.75, 3.05) is 13.1 Å². The zero-order valence-electron chi connectivity index (χ0n) is 10.2. The molecule has 0 bridgehead atoms. The van der Waals surface area contributed by atoms with Gasteiger partial charge in [-0.15, -0.1) is 0 Å². The minimum Gasteiger partial charge on any atom is -0.480 e. The van der Waals surface area contributed by atoms with Crippen LogP contribution in [-0.4, -0.2) is 38.5 Å². The molecule has 1 aromatic carbocycles. The van der Waals surface area contributed by atoms with Crippen molar-refractivity contribution in [3.63, 3.8) is 0 Å². The van der Waals surface area contributed by atoms with Gasteiger partial charge in [0.1, 0.15) is 11.4 Å². The Morgan fingerprint density at radius 3 is 2.10 bits per heavy atom. The van der Waals surface area contributed by atoms with E-state index in [-0.39, 0.29) is 15.1 Å². The molecule has 21 heavy (non-hydrogen) atoms. The maximum absolute atomic E-state index is 12.0. The summed E-state index contributed by atoms with van der Waals surface area (Å²) >= 11 is 17.2. The molecule has 3 N–H and O–H groups in total. The quantitative estimate of drug-likeness (QED) is 0.690. The van der Waals surface area contributed by atoms with Crippen molar-refractivity contribution in [3.05, 3.63) is 27.2 Å². The zero-order chi connectivity index (χ0) is 16.2. The van der Waals surface area contributed by atoms with Crippen molar-refractivity contribution in [2.24, 2.45) is 0 Å². The summed E-state index contributed by atoms with van der Waals surface area (Å²) in [4.78, 5) is 21.1. The minimum absolute atomic E-state index is 0.156. The van der Waals surface area contributed by atoms with E-state index < -0.39 is 39.9 Å². The summed E-state index contributed by atoms with van der Waals surface area (Å²) in [6.45, 7) is -1.28. The van der Waals surface area contributed by atoms with Gasteiger partial charge in [-0.25, -0.2) is 13.1 Å². The van der Waals surface area contributed by atoms with Gasteiger partial charge in [0.2, 0.25) is 15.9 Å². The molecular weight excluding hydrogens is 367 g/mol. The Balaban J connectivity index is 2.84. The third-order valence-corrected chi connectivity index (χ3v) is 4.63. The van der Waals surface area contributed by atoms with Gasteiger partial charge in [-0.3, -0.25) is 9.59 Å². The number of carbonyl (C=O) groups is 2. The van der Waals surface area contributed by atoms with E-state index in [0.717, 1.165) is 0 Å². The molecule has 1 rings (SSSR count). The number of halogens is 3. The second kappa shape index (κ2) is 7.28. The molecule has 0 aromatic heterocycles. The second-order valence-electron chi connectivity index (χ2n) is 3.69. The molecule has 7 nitrogen and oxygen atoms in total. The van der Waals surface area contributed by atoms with Gasteiger partial charge in [-0.05, 0) is 12.1 Å². The molecule has 0 spiro atoms. The lowest BCUT2D eigenvalue weighted by molar-refractivity contribution is -0.137. The van der Waals surface area contributed by atoms with Crippen LogP contribution in [0.5, 0.6) is 0 Å². The Morgan fingerprint density at radius 2 is 1.62 bits per heavy atom. The van der Waals surface area contributed by atoms with Crippen LogP contribution in [0, 0.1) is 0 Å². The van der Waals surface area contributed by atoms with Crippen LogP contribution in [0.15, 0.2) is 17.0 Å². The third-order valence-electron chi connectivity index (χ3n) is 2.09. The lowest BCUT2D eigenvalue weighted by Crippen LogP contribution is -2.39. The fraction of sp³-hybridized carbons (Fsp3) is 0.200. The zero-order valence-corrected chi connectivity index (χ0v) is 13.3. The maximum atomic E-state index is 12.0. The van der Waals surface area contributed by atoms with Crippen LogP contribution in [-0.2, 0) is 19.6 Å². The van der Waals surface area contributed by atoms with Crippen LogP contribution in [0.4, 0.5) is 0 Å². The van der Waals surface area contributed by atoms with Crippen molar-refractivity contribution in [1.29, 1.82) is 0 Å². The smallest absolute Gasteiger partial charge is 0.322 e. The van der Waals surface area contributed by atoms with Crippen LogP contribution < -0.4 is 10.0 Å². The van der Waals surface area contributed by atoms with E-state index >= 15 is 0 Å². The Morgan fingerprint density at radius 1 is 1.10 bits per heavy atom. The van der Waals surface area contributed by atoms with Gasteiger partial charge in [0.05, 0.1) is 16.6 Å². The highest BCUT2D eigenvalue weighted by molar-refractivity contribution is 7.89. The molecule has 0 saturated heterocycles. The number of amides is 1. The van der Waals surface area contributed by atoms with E-state index in [1.165, 1.54) is 12.1 Å². The van der Waals surface area contributed by atoms with Gasteiger partial charge in [0.15, 0.2) is 0 Å². The molecule has 0 atom stereocenters. The molecule has 1 aromatic rings. The molecule has 0 unspecified atom stereocenters. The molecule has 0 aliphatic rings. The first-order valence-corrected chi connectivity index (χ1v) is 7.88. The molecule has 0 aliphatic carbocycles. The van der Waals surface area contributed by atoms with E-state index in [1.807, 2.05) is 10.0 Å². The summed E-state index contributed by atoms with van der Waals surface area (Å²) in [5.74, 6) is -2.07. The molecule has 11 heteroatoms. The van der Waals surface area contributed by atoms with Crippen molar-refractivity contribution in [1.82, 2.24) is 10.0 Å². The second-order valence-corrected chi connectivity index (χ2v) is 6.65. The summed E-state index contributed by atoms with van der Waals surface area (Å²) in [5, 5.41) is 10.1. The van der Waals surface area contributed by atoms with Crippen molar-refractivity contribution in [2.45, 2.75) is 4.90 Å². The largest absolute Gasteiger partial charge is 0.480 e. The maximum Gasteiger partial charge on any atom is 0.322 e. The Bertz CT molecular complexity index is 654. The third kappa shape index (κ3) is 5.33. The first-order valence-electron chi connectivity index (χ1n) is 5.26. The molecule has 116 valence electrons. The van der Waals surface area contributed by atoms with E-state index in [2.05, 4.69) is 0 Å². The molecular formula is C10H9Cl3N2O5S. The number of aliphatic carboxylic acids is 1. The first-order chi connectivity index (χ1) is 9.63. The van der Waals surface area contributed by atoms with Crippen molar-refractivity contribution < 1.29 is 23.1 Å². The van der Waals surface area contributed by atoms with E-state index in [1.54, 1.807) is 0 Å². The molecule has 0 heterocycles. The summed E-state index contributed by atoms with van der Waals surface area (Å²) in [6, 6.07) is 2.38. The molecule has 0 saturated carbocycles. The molecule has 0 aliphatic heterocycles. The number of hydrogen-bond acceptors (Lipinski definition) is 4. The highest BCUT2D eigenvalue weighted by Gasteiger charge is 2.23. The molecule has 0 fully saturated rings. The number of benzene rings is 1. The predicted molar refractivity (Wildman–Crippen MR) is 77.3 cm³/mol. The van der Waals surface area contributed by atoms with Crippen LogP contribution in [0.3, 0.4) is 0 Å². The van der Waals surface area contributed by atoms with Gasteiger partial charge >= 0.3 is 5.97 Å². The number of sulfonamides is 1. The number of nitrogens with one attached hydrogen (secondary N) is 2. The van der Waals surface area contributed by atoms with Crippen LogP contribution in [0.25, 0.3) is 0 Å². The summed E-state index contributed by atoms with van der Waals surface area (Å²) in [6.07, 6.45) is 0. The Labute approximate surface area is 135 Å². The van der Waals surface area contributed by atoms with E-state index in [9.17, 15) is 18.0 Å². The van der Waals surface area contributed by atoms with Gasteiger partial charge in [0.25, 0.3) is 0 Å². The lowest BCUT2D eigenvalue weighted by atomic mass is 10.4. The highest BCUT2D eigenvalue weighted by Crippen LogP contribution is 2.32. The number of hydrogen-bond donors (Lipinski definition) is 3.